The Bertz CT molecular complexity index is 1030. The molecule has 0 unspecified atom stereocenters. The molecule has 1 aromatic carbocycles. The molecular weight excluding hydrogens is 369 g/mol. The first-order valence-corrected chi connectivity index (χ1v) is 8.83. The zero-order chi connectivity index (χ0) is 18.9. The van der Waals surface area contributed by atoms with Crippen LogP contribution in [0.2, 0.25) is 0 Å². The fraction of sp³-hybridized carbons (Fsp3) is 0.125. The van der Waals surface area contributed by atoms with Gasteiger partial charge in [-0.15, -0.1) is 0 Å². The van der Waals surface area contributed by atoms with E-state index in [0.29, 0.717) is 11.9 Å². The predicted molar refractivity (Wildman–Crippen MR) is 88.2 cm³/mol. The number of pyridine rings is 1. The molecule has 0 aliphatic heterocycles. The van der Waals surface area contributed by atoms with Crippen LogP contribution in [0.5, 0.6) is 0 Å². The Hall–Kier alpha value is -2.88. The second kappa shape index (κ2) is 6.45. The molecule has 0 aliphatic rings. The number of halogens is 3. The van der Waals surface area contributed by atoms with Crippen LogP contribution in [0.15, 0.2) is 59.8 Å². The summed E-state index contributed by atoms with van der Waals surface area (Å²) in [5.74, 6) is -0.206. The van der Waals surface area contributed by atoms with Gasteiger partial charge in [-0.1, -0.05) is 18.2 Å². The van der Waals surface area contributed by atoms with E-state index in [9.17, 15) is 21.6 Å². The lowest BCUT2D eigenvalue weighted by atomic mass is 10.2. The van der Waals surface area contributed by atoms with Crippen LogP contribution in [0.3, 0.4) is 0 Å². The van der Waals surface area contributed by atoms with Crippen molar-refractivity contribution in [1.82, 2.24) is 14.6 Å². The molecular formula is C16H13F3N4O2S. The maximum atomic E-state index is 13.1. The van der Waals surface area contributed by atoms with E-state index >= 15 is 0 Å². The van der Waals surface area contributed by atoms with Crippen molar-refractivity contribution in [2.45, 2.75) is 18.0 Å². The summed E-state index contributed by atoms with van der Waals surface area (Å²) in [6.45, 7) is 1.59. The summed E-state index contributed by atoms with van der Waals surface area (Å²) in [7, 11) is -4.10. The third-order valence-corrected chi connectivity index (χ3v) is 4.85. The number of alkyl halides is 3. The second-order valence-electron chi connectivity index (χ2n) is 5.36. The number of rotatable bonds is 4. The fourth-order valence-electron chi connectivity index (χ4n) is 2.28. The smallest absolute Gasteiger partial charge is 0.261 e. The van der Waals surface area contributed by atoms with Gasteiger partial charge in [0.15, 0.2) is 11.5 Å². The Morgan fingerprint density at radius 2 is 1.77 bits per heavy atom. The van der Waals surface area contributed by atoms with E-state index in [0.717, 1.165) is 4.68 Å². The lowest BCUT2D eigenvalue weighted by Gasteiger charge is -2.12. The summed E-state index contributed by atoms with van der Waals surface area (Å²) in [6, 6.07) is 10.4. The van der Waals surface area contributed by atoms with Gasteiger partial charge in [0.05, 0.1) is 11.1 Å². The molecule has 0 saturated carbocycles. The molecule has 0 fully saturated rings. The van der Waals surface area contributed by atoms with Crippen LogP contribution in [0.25, 0.3) is 11.4 Å². The first-order chi connectivity index (χ1) is 12.2. The summed E-state index contributed by atoms with van der Waals surface area (Å²) in [5.41, 5.74) is -0.530. The van der Waals surface area contributed by atoms with Crippen molar-refractivity contribution in [1.29, 1.82) is 0 Å². The number of hydrogen-bond acceptors (Lipinski definition) is 4. The molecule has 3 aromatic rings. The number of nitrogens with one attached hydrogen (secondary N) is 1. The molecule has 26 heavy (non-hydrogen) atoms. The Morgan fingerprint density at radius 1 is 1.08 bits per heavy atom. The zero-order valence-electron chi connectivity index (χ0n) is 13.4. The van der Waals surface area contributed by atoms with Gasteiger partial charge in [-0.2, -0.15) is 21.6 Å². The number of hydrogen-bond donors (Lipinski definition) is 1. The van der Waals surface area contributed by atoms with Gasteiger partial charge < -0.3 is 0 Å². The summed E-state index contributed by atoms with van der Waals surface area (Å²) in [5, 5.41) is 0. The highest BCUT2D eigenvalue weighted by Gasteiger charge is 2.35. The van der Waals surface area contributed by atoms with E-state index in [1.807, 2.05) is 0 Å². The van der Waals surface area contributed by atoms with Crippen molar-refractivity contribution in [3.63, 3.8) is 0 Å². The lowest BCUT2D eigenvalue weighted by Crippen LogP contribution is -2.23. The molecule has 136 valence electrons. The Kier molecular flexibility index (Phi) is 4.45. The highest BCUT2D eigenvalue weighted by molar-refractivity contribution is 7.92. The SMILES string of the molecule is Cc1ncccc1-c1nc(C(F)(F)F)cn1NS(=O)(=O)c1ccccc1. The fourth-order valence-corrected chi connectivity index (χ4v) is 3.30. The molecule has 0 radical (unpaired) electrons. The number of nitrogens with zero attached hydrogens (tertiary/aromatic N) is 3. The molecule has 10 heteroatoms. The minimum atomic E-state index is -4.73. The summed E-state index contributed by atoms with van der Waals surface area (Å²) < 4.78 is 64.9. The van der Waals surface area contributed by atoms with Crippen LogP contribution in [0.4, 0.5) is 13.2 Å². The second-order valence-corrected chi connectivity index (χ2v) is 7.02. The van der Waals surface area contributed by atoms with E-state index < -0.39 is 21.9 Å². The average molecular weight is 382 g/mol. The molecule has 6 nitrogen and oxygen atoms in total. The zero-order valence-corrected chi connectivity index (χ0v) is 14.2. The monoisotopic (exact) mass is 382 g/mol. The number of aryl methyl sites for hydroxylation is 1. The topological polar surface area (TPSA) is 76.9 Å². The van der Waals surface area contributed by atoms with Gasteiger partial charge >= 0.3 is 6.18 Å². The van der Waals surface area contributed by atoms with Crippen LogP contribution in [-0.2, 0) is 16.2 Å². The molecule has 1 N–H and O–H groups in total. The van der Waals surface area contributed by atoms with Crippen LogP contribution in [-0.4, -0.2) is 23.1 Å². The molecule has 0 spiro atoms. The minimum absolute atomic E-state index is 0.0869. The maximum absolute atomic E-state index is 13.1. The van der Waals surface area contributed by atoms with Crippen LogP contribution < -0.4 is 4.83 Å². The van der Waals surface area contributed by atoms with Gasteiger partial charge in [0.25, 0.3) is 10.0 Å². The van der Waals surface area contributed by atoms with Gasteiger partial charge in [0.1, 0.15) is 0 Å². The number of aromatic nitrogens is 3. The maximum Gasteiger partial charge on any atom is 0.434 e. The average Bonchev–Trinajstić information content (AvgIpc) is 2.99. The standard InChI is InChI=1S/C16H13F3N4O2S/c1-11-13(8-5-9-20-11)15-21-14(16(17,18)19)10-23(15)22-26(24,25)12-6-3-2-4-7-12/h2-10,22H,1H3. The summed E-state index contributed by atoms with van der Waals surface area (Å²) in [6.07, 6.45) is -2.65. The van der Waals surface area contributed by atoms with Gasteiger partial charge in [-0.05, 0) is 31.2 Å². The number of benzene rings is 1. The largest absolute Gasteiger partial charge is 0.434 e. The highest BCUT2D eigenvalue weighted by atomic mass is 32.2. The van der Waals surface area contributed by atoms with Gasteiger partial charge in [-0.3, -0.25) is 4.98 Å². The predicted octanol–water partition coefficient (Wildman–Crippen LogP) is 3.20. The Morgan fingerprint density at radius 3 is 2.38 bits per heavy atom. The normalized spacial score (nSPS) is 12.2. The molecule has 2 aromatic heterocycles. The lowest BCUT2D eigenvalue weighted by molar-refractivity contribution is -0.140. The van der Waals surface area contributed by atoms with Gasteiger partial charge in [0, 0.05) is 17.5 Å². The van der Waals surface area contributed by atoms with Crippen molar-refractivity contribution in [3.05, 3.63) is 66.2 Å². The number of sulfonamides is 1. The summed E-state index contributed by atoms with van der Waals surface area (Å²) >= 11 is 0. The Balaban J connectivity index is 2.12. The number of imidazole rings is 1. The molecule has 0 saturated heterocycles. The van der Waals surface area contributed by atoms with E-state index in [1.165, 1.54) is 42.6 Å². The third-order valence-electron chi connectivity index (χ3n) is 3.52. The molecule has 3 rings (SSSR count). The molecule has 2 heterocycles. The minimum Gasteiger partial charge on any atom is -0.261 e. The van der Waals surface area contributed by atoms with Crippen molar-refractivity contribution >= 4 is 10.0 Å². The van der Waals surface area contributed by atoms with Gasteiger partial charge in [-0.25, -0.2) is 14.5 Å². The van der Waals surface area contributed by atoms with E-state index in [1.54, 1.807) is 13.0 Å². The van der Waals surface area contributed by atoms with Crippen molar-refractivity contribution < 1.29 is 21.6 Å². The molecule has 0 bridgehead atoms. The molecule has 0 atom stereocenters. The van der Waals surface area contributed by atoms with E-state index in [-0.39, 0.29) is 16.3 Å². The Labute approximate surface area is 147 Å². The van der Waals surface area contributed by atoms with E-state index in [2.05, 4.69) is 14.8 Å². The van der Waals surface area contributed by atoms with Crippen molar-refractivity contribution in [2.24, 2.45) is 0 Å². The van der Waals surface area contributed by atoms with Crippen LogP contribution in [0, 0.1) is 6.92 Å². The quantitative estimate of drug-likeness (QED) is 0.752. The first kappa shape index (κ1) is 17.9. The molecule has 0 amide bonds. The van der Waals surface area contributed by atoms with Crippen LogP contribution in [0.1, 0.15) is 11.4 Å². The summed E-state index contributed by atoms with van der Waals surface area (Å²) in [4.78, 5) is 9.61. The van der Waals surface area contributed by atoms with E-state index in [4.69, 9.17) is 0 Å². The third kappa shape index (κ3) is 3.54. The van der Waals surface area contributed by atoms with Crippen molar-refractivity contribution in [3.8, 4) is 11.4 Å². The first-order valence-electron chi connectivity index (χ1n) is 7.35. The van der Waals surface area contributed by atoms with Gasteiger partial charge in [0.2, 0.25) is 0 Å². The highest BCUT2D eigenvalue weighted by Crippen LogP contribution is 2.31. The van der Waals surface area contributed by atoms with Crippen molar-refractivity contribution in [2.75, 3.05) is 4.83 Å². The molecule has 0 aliphatic carbocycles. The van der Waals surface area contributed by atoms with Crippen LogP contribution >= 0.6 is 0 Å².